The third kappa shape index (κ3) is 6.47. The van der Waals surface area contributed by atoms with Gasteiger partial charge in [0, 0.05) is 45.1 Å². The molecule has 0 saturated carbocycles. The van der Waals surface area contributed by atoms with E-state index in [1.54, 1.807) is 12.1 Å². The van der Waals surface area contributed by atoms with Gasteiger partial charge in [-0.15, -0.1) is 12.4 Å². The van der Waals surface area contributed by atoms with E-state index in [-0.39, 0.29) is 49.3 Å². The van der Waals surface area contributed by atoms with Gasteiger partial charge in [-0.3, -0.25) is 14.8 Å². The van der Waals surface area contributed by atoms with Gasteiger partial charge < -0.3 is 19.7 Å². The van der Waals surface area contributed by atoms with E-state index in [9.17, 15) is 18.0 Å². The predicted octanol–water partition coefficient (Wildman–Crippen LogP) is 2.20. The Kier molecular flexibility index (Phi) is 10.5. The number of ether oxygens (including phenoxy) is 2. The van der Waals surface area contributed by atoms with Crippen LogP contribution in [0.3, 0.4) is 0 Å². The molecule has 0 aliphatic carbocycles. The zero-order valence-electron chi connectivity index (χ0n) is 20.2. The lowest BCUT2D eigenvalue weighted by molar-refractivity contribution is -0.134. The highest BCUT2D eigenvalue weighted by Gasteiger charge is 2.52. The van der Waals surface area contributed by atoms with Crippen LogP contribution >= 0.6 is 12.4 Å². The minimum absolute atomic E-state index is 0. The molecule has 1 fully saturated rings. The molecule has 1 aliphatic heterocycles. The van der Waals surface area contributed by atoms with E-state index in [0.29, 0.717) is 30.9 Å². The van der Waals surface area contributed by atoms with Crippen molar-refractivity contribution in [1.29, 1.82) is 0 Å². The summed E-state index contributed by atoms with van der Waals surface area (Å²) in [4.78, 5) is 26.5. The molecule has 0 atom stereocenters. The molecule has 198 valence electrons. The Morgan fingerprint density at radius 1 is 1.06 bits per heavy atom. The van der Waals surface area contributed by atoms with Crippen LogP contribution in [0, 0.1) is 0 Å². The Bertz CT molecular complexity index is 1120. The Morgan fingerprint density at radius 2 is 1.67 bits per heavy atom. The fraction of sp³-hybridized carbons (Fsp3) is 0.417. The van der Waals surface area contributed by atoms with Crippen molar-refractivity contribution in [3.05, 3.63) is 54.1 Å². The van der Waals surface area contributed by atoms with Crippen molar-refractivity contribution in [2.75, 3.05) is 45.4 Å². The summed E-state index contributed by atoms with van der Waals surface area (Å²) >= 11 is 0. The van der Waals surface area contributed by atoms with E-state index in [0.717, 1.165) is 5.69 Å². The highest BCUT2D eigenvalue weighted by molar-refractivity contribution is 7.93. The van der Waals surface area contributed by atoms with E-state index in [1.807, 2.05) is 31.1 Å². The fourth-order valence-corrected chi connectivity index (χ4v) is 5.78. The van der Waals surface area contributed by atoms with E-state index >= 15 is 0 Å². The molecule has 2 aromatic carbocycles. The third-order valence-corrected chi connectivity index (χ3v) is 8.50. The van der Waals surface area contributed by atoms with Crippen LogP contribution in [0.15, 0.2) is 53.4 Å². The molecule has 3 rings (SSSR count). The lowest BCUT2D eigenvalue weighted by atomic mass is 9.98. The fourth-order valence-electron chi connectivity index (χ4n) is 3.84. The molecule has 0 radical (unpaired) electrons. The number of hydrogen-bond acceptors (Lipinski definition) is 8. The maximum absolute atomic E-state index is 13.2. The molecule has 10 nitrogen and oxygen atoms in total. The summed E-state index contributed by atoms with van der Waals surface area (Å²) in [5, 5.41) is 12.0. The van der Waals surface area contributed by atoms with E-state index in [1.165, 1.54) is 29.7 Å². The molecule has 1 heterocycles. The molecule has 0 bridgehead atoms. The van der Waals surface area contributed by atoms with Gasteiger partial charge in [-0.2, -0.15) is 0 Å². The highest BCUT2D eigenvalue weighted by Crippen LogP contribution is 2.35. The van der Waals surface area contributed by atoms with Crippen LogP contribution < -0.4 is 20.4 Å². The first-order chi connectivity index (χ1) is 16.7. The van der Waals surface area contributed by atoms with Gasteiger partial charge in [-0.1, -0.05) is 0 Å². The first-order valence-electron chi connectivity index (χ1n) is 11.3. The van der Waals surface area contributed by atoms with E-state index in [4.69, 9.17) is 14.7 Å². The van der Waals surface area contributed by atoms with Crippen LogP contribution in [0.25, 0.3) is 0 Å². The lowest BCUT2D eigenvalue weighted by Crippen LogP contribution is -2.54. The van der Waals surface area contributed by atoms with Crippen LogP contribution in [0.2, 0.25) is 0 Å². The van der Waals surface area contributed by atoms with Gasteiger partial charge in [0.2, 0.25) is 0 Å². The Balaban J connectivity index is 0.00000456. The van der Waals surface area contributed by atoms with Crippen molar-refractivity contribution in [3.8, 4) is 5.75 Å². The molecular formula is C24H32ClN3O7S. The second-order valence-electron chi connectivity index (χ2n) is 8.42. The van der Waals surface area contributed by atoms with Crippen molar-refractivity contribution in [3.63, 3.8) is 0 Å². The summed E-state index contributed by atoms with van der Waals surface area (Å²) in [6, 6.07) is 13.1. The first kappa shape index (κ1) is 29.4. The second-order valence-corrected chi connectivity index (χ2v) is 10.7. The van der Waals surface area contributed by atoms with Gasteiger partial charge in [0.1, 0.15) is 5.75 Å². The number of nitrogens with one attached hydrogen (secondary N) is 2. The number of hydrogen-bond donors (Lipinski definition) is 3. The Hall–Kier alpha value is -2.86. The number of rotatable bonds is 10. The number of anilines is 1. The number of carbonyl (C=O) groups is 2. The summed E-state index contributed by atoms with van der Waals surface area (Å²) < 4.78 is 35.6. The highest BCUT2D eigenvalue weighted by atomic mass is 35.5. The smallest absolute Gasteiger partial charge is 0.265 e. The maximum atomic E-state index is 13.2. The van der Waals surface area contributed by atoms with Crippen LogP contribution in [-0.2, 0) is 19.4 Å². The number of carbonyl (C=O) groups excluding carboxylic acids is 2. The minimum Gasteiger partial charge on any atom is -0.494 e. The maximum Gasteiger partial charge on any atom is 0.265 e. The number of sulfone groups is 1. The third-order valence-electron chi connectivity index (χ3n) is 5.99. The molecule has 1 aliphatic rings. The molecule has 2 aromatic rings. The average molecular weight is 542 g/mol. The van der Waals surface area contributed by atoms with Gasteiger partial charge in [-0.25, -0.2) is 13.9 Å². The second kappa shape index (κ2) is 12.9. The van der Waals surface area contributed by atoms with Gasteiger partial charge in [0.15, 0.2) is 14.6 Å². The van der Waals surface area contributed by atoms with Crippen molar-refractivity contribution in [2.24, 2.45) is 0 Å². The van der Waals surface area contributed by atoms with Crippen LogP contribution in [0.1, 0.15) is 29.6 Å². The largest absolute Gasteiger partial charge is 0.494 e. The summed E-state index contributed by atoms with van der Waals surface area (Å²) in [5.74, 6) is -0.669. The van der Waals surface area contributed by atoms with E-state index < -0.39 is 20.5 Å². The zero-order chi connectivity index (χ0) is 25.5. The van der Waals surface area contributed by atoms with Crippen molar-refractivity contribution >= 4 is 39.7 Å². The number of benzene rings is 2. The normalized spacial score (nSPS) is 14.8. The molecule has 0 spiro atoms. The van der Waals surface area contributed by atoms with Gasteiger partial charge in [0.25, 0.3) is 11.8 Å². The van der Waals surface area contributed by atoms with Crippen molar-refractivity contribution in [2.45, 2.75) is 28.9 Å². The molecule has 12 heteroatoms. The van der Waals surface area contributed by atoms with Crippen LogP contribution in [0.5, 0.6) is 5.75 Å². The molecule has 36 heavy (non-hydrogen) atoms. The van der Waals surface area contributed by atoms with E-state index in [2.05, 4.69) is 5.32 Å². The van der Waals surface area contributed by atoms with Crippen LogP contribution in [0.4, 0.5) is 5.69 Å². The summed E-state index contributed by atoms with van der Waals surface area (Å²) in [6.45, 7) is 0.944. The molecule has 2 amide bonds. The number of halogens is 1. The Morgan fingerprint density at radius 3 is 2.22 bits per heavy atom. The minimum atomic E-state index is -4.08. The topological polar surface area (TPSA) is 134 Å². The van der Waals surface area contributed by atoms with Gasteiger partial charge in [0.05, 0.1) is 11.5 Å². The van der Waals surface area contributed by atoms with Crippen LogP contribution in [-0.4, -0.2) is 70.6 Å². The van der Waals surface area contributed by atoms with Crippen molar-refractivity contribution in [1.82, 2.24) is 10.8 Å². The van der Waals surface area contributed by atoms with Crippen molar-refractivity contribution < 1.29 is 32.7 Å². The molecule has 3 N–H and O–H groups in total. The Labute approximate surface area is 217 Å². The molecular weight excluding hydrogens is 510 g/mol. The molecule has 0 unspecified atom stereocenters. The van der Waals surface area contributed by atoms with Gasteiger partial charge in [-0.05, 0) is 67.8 Å². The molecule has 0 aromatic heterocycles. The SMILES string of the molecule is CN(C)c1ccc(C(=O)NCCCOc2ccc(S(=O)(=O)C3(C(=O)NO)CCOCC3)cc2)cc1.Cl. The summed E-state index contributed by atoms with van der Waals surface area (Å²) in [6.07, 6.45) is 0.457. The first-order valence-corrected chi connectivity index (χ1v) is 12.7. The lowest BCUT2D eigenvalue weighted by Gasteiger charge is -2.34. The van der Waals surface area contributed by atoms with Gasteiger partial charge >= 0.3 is 0 Å². The molecule has 1 saturated heterocycles. The number of nitrogens with zero attached hydrogens (tertiary/aromatic N) is 1. The number of hydroxylamine groups is 1. The standard InChI is InChI=1S/C24H31N3O7S.ClH/c1-27(2)19-6-4-18(5-7-19)22(28)25-14-3-15-34-20-8-10-21(11-9-20)35(31,32)24(23(29)26-30)12-16-33-17-13-24;/h4-11,30H,3,12-17H2,1-2H3,(H,25,28)(H,26,29);1H. The zero-order valence-corrected chi connectivity index (χ0v) is 21.9. The summed E-state index contributed by atoms with van der Waals surface area (Å²) in [7, 11) is -0.221. The quantitative estimate of drug-likeness (QED) is 0.237. The monoisotopic (exact) mass is 541 g/mol. The summed E-state index contributed by atoms with van der Waals surface area (Å²) in [5.41, 5.74) is 3.08. The predicted molar refractivity (Wildman–Crippen MR) is 137 cm³/mol. The number of amides is 2. The average Bonchev–Trinajstić information content (AvgIpc) is 2.88.